The van der Waals surface area contributed by atoms with Crippen molar-refractivity contribution >= 4 is 11.6 Å². The summed E-state index contributed by atoms with van der Waals surface area (Å²) in [6.07, 6.45) is 3.54. The summed E-state index contributed by atoms with van der Waals surface area (Å²) in [5.41, 5.74) is 7.43. The minimum Gasteiger partial charge on any atom is -0.393 e. The molecule has 1 unspecified atom stereocenters. The molecule has 2 rings (SSSR count). The van der Waals surface area contributed by atoms with Crippen LogP contribution in [0.2, 0.25) is 0 Å². The van der Waals surface area contributed by atoms with Gasteiger partial charge < -0.3 is 16.2 Å². The maximum atomic E-state index is 9.63. The molecule has 0 bridgehead atoms. The van der Waals surface area contributed by atoms with Crippen LogP contribution in [0.3, 0.4) is 0 Å². The van der Waals surface area contributed by atoms with E-state index >= 15 is 0 Å². The van der Waals surface area contributed by atoms with Crippen molar-refractivity contribution in [3.8, 4) is 0 Å². The molecule has 0 spiro atoms. The second-order valence-electron chi connectivity index (χ2n) is 8.39. The lowest BCUT2D eigenvalue weighted by molar-refractivity contribution is 0.126. The van der Waals surface area contributed by atoms with E-state index in [0.717, 1.165) is 38.0 Å². The van der Waals surface area contributed by atoms with Crippen molar-refractivity contribution in [2.75, 3.05) is 18.1 Å². The highest BCUT2D eigenvalue weighted by Crippen LogP contribution is 2.26. The third kappa shape index (κ3) is 5.35. The highest BCUT2D eigenvalue weighted by Gasteiger charge is 2.24. The largest absolute Gasteiger partial charge is 0.393 e. The van der Waals surface area contributed by atoms with Crippen LogP contribution in [-0.4, -0.2) is 40.2 Å². The highest BCUT2D eigenvalue weighted by molar-refractivity contribution is 5.47. The number of hydrogen-bond acceptors (Lipinski definition) is 5. The number of nitrogens with zero attached hydrogens (tertiary/aromatic N) is 2. The molecule has 0 aliphatic heterocycles. The van der Waals surface area contributed by atoms with Crippen LogP contribution in [0.5, 0.6) is 0 Å². The van der Waals surface area contributed by atoms with Crippen LogP contribution in [0, 0.1) is 5.41 Å². The molecule has 1 aliphatic rings. The number of aromatic nitrogens is 1. The summed E-state index contributed by atoms with van der Waals surface area (Å²) in [6, 6.07) is 4.90. The number of nitrogens with one attached hydrogen (secondary N) is 1. The van der Waals surface area contributed by atoms with E-state index in [1.165, 1.54) is 5.56 Å². The predicted octanol–water partition coefficient (Wildman–Crippen LogP) is 3.25. The Hall–Kier alpha value is -1.33. The SMILES string of the molecule is CC(N(C)Cc1cc(N)nc(N[C@H]2CC[C@H](O)CC2)c1)C(C)(C)C. The van der Waals surface area contributed by atoms with Gasteiger partial charge in [0.05, 0.1) is 6.10 Å². The van der Waals surface area contributed by atoms with E-state index in [9.17, 15) is 5.11 Å². The van der Waals surface area contributed by atoms with Crippen molar-refractivity contribution < 1.29 is 5.11 Å². The topological polar surface area (TPSA) is 74.4 Å². The fourth-order valence-electron chi connectivity index (χ4n) is 3.29. The molecule has 136 valence electrons. The van der Waals surface area contributed by atoms with Crippen molar-refractivity contribution in [3.05, 3.63) is 17.7 Å². The zero-order valence-corrected chi connectivity index (χ0v) is 15.8. The smallest absolute Gasteiger partial charge is 0.128 e. The number of pyridine rings is 1. The maximum Gasteiger partial charge on any atom is 0.128 e. The standard InChI is InChI=1S/C19H34N4O/c1-13(19(2,3)4)23(5)12-14-10-17(20)22-18(11-14)21-15-6-8-16(24)9-7-15/h10-11,13,15-16,24H,6-9,12H2,1-5H3,(H3,20,21,22)/t13?,15-,16-. The number of nitrogen functional groups attached to an aromatic ring is 1. The number of aliphatic hydroxyl groups excluding tert-OH is 1. The van der Waals surface area contributed by atoms with Crippen molar-refractivity contribution in [1.29, 1.82) is 0 Å². The summed E-state index contributed by atoms with van der Waals surface area (Å²) < 4.78 is 0. The molecular formula is C19H34N4O. The van der Waals surface area contributed by atoms with Crippen LogP contribution >= 0.6 is 0 Å². The minimum absolute atomic E-state index is 0.139. The number of rotatable bonds is 5. The Morgan fingerprint density at radius 1 is 1.29 bits per heavy atom. The van der Waals surface area contributed by atoms with Gasteiger partial charge in [0.25, 0.3) is 0 Å². The first-order valence-corrected chi connectivity index (χ1v) is 9.06. The van der Waals surface area contributed by atoms with E-state index in [0.29, 0.717) is 17.9 Å². The van der Waals surface area contributed by atoms with Crippen molar-refractivity contribution in [3.63, 3.8) is 0 Å². The Morgan fingerprint density at radius 3 is 2.50 bits per heavy atom. The Balaban J connectivity index is 2.03. The van der Waals surface area contributed by atoms with Gasteiger partial charge in [0.15, 0.2) is 0 Å². The van der Waals surface area contributed by atoms with Crippen LogP contribution in [0.4, 0.5) is 11.6 Å². The monoisotopic (exact) mass is 334 g/mol. The van der Waals surface area contributed by atoms with Gasteiger partial charge in [-0.2, -0.15) is 0 Å². The van der Waals surface area contributed by atoms with E-state index in [1.807, 2.05) is 6.07 Å². The van der Waals surface area contributed by atoms with E-state index in [4.69, 9.17) is 5.73 Å². The zero-order chi connectivity index (χ0) is 17.9. The number of aliphatic hydroxyl groups is 1. The van der Waals surface area contributed by atoms with Gasteiger partial charge in [0.1, 0.15) is 11.6 Å². The average molecular weight is 335 g/mol. The minimum atomic E-state index is -0.139. The lowest BCUT2D eigenvalue weighted by Gasteiger charge is -2.35. The summed E-state index contributed by atoms with van der Waals surface area (Å²) in [7, 11) is 2.15. The van der Waals surface area contributed by atoms with Gasteiger partial charge in [0.2, 0.25) is 0 Å². The first-order valence-electron chi connectivity index (χ1n) is 9.06. The molecular weight excluding hydrogens is 300 g/mol. The molecule has 0 aromatic carbocycles. The zero-order valence-electron chi connectivity index (χ0n) is 15.8. The molecule has 1 saturated carbocycles. The van der Waals surface area contributed by atoms with Crippen LogP contribution in [-0.2, 0) is 6.54 Å². The first-order chi connectivity index (χ1) is 11.1. The summed E-state index contributed by atoms with van der Waals surface area (Å²) in [6.45, 7) is 9.90. The number of anilines is 2. The fourth-order valence-corrected chi connectivity index (χ4v) is 3.29. The molecule has 0 amide bonds. The third-order valence-electron chi connectivity index (χ3n) is 5.30. The first kappa shape index (κ1) is 19.0. The molecule has 4 N–H and O–H groups in total. The van der Waals surface area contributed by atoms with E-state index in [-0.39, 0.29) is 11.5 Å². The maximum absolute atomic E-state index is 9.63. The highest BCUT2D eigenvalue weighted by atomic mass is 16.3. The molecule has 1 aliphatic carbocycles. The Morgan fingerprint density at radius 2 is 1.92 bits per heavy atom. The molecule has 24 heavy (non-hydrogen) atoms. The van der Waals surface area contributed by atoms with E-state index in [2.05, 4.69) is 56.0 Å². The molecule has 5 heteroatoms. The van der Waals surface area contributed by atoms with Crippen LogP contribution < -0.4 is 11.1 Å². The molecule has 0 radical (unpaired) electrons. The third-order valence-corrected chi connectivity index (χ3v) is 5.30. The summed E-state index contributed by atoms with van der Waals surface area (Å²) in [5, 5.41) is 13.1. The molecule has 5 nitrogen and oxygen atoms in total. The van der Waals surface area contributed by atoms with Gasteiger partial charge in [-0.25, -0.2) is 4.98 Å². The summed E-state index contributed by atoms with van der Waals surface area (Å²) in [4.78, 5) is 6.79. The second-order valence-corrected chi connectivity index (χ2v) is 8.39. The summed E-state index contributed by atoms with van der Waals surface area (Å²) in [5.74, 6) is 1.41. The van der Waals surface area contributed by atoms with Crippen LogP contribution in [0.1, 0.15) is 58.9 Å². The van der Waals surface area contributed by atoms with Crippen LogP contribution in [0.15, 0.2) is 12.1 Å². The fraction of sp³-hybridized carbons (Fsp3) is 0.737. The van der Waals surface area contributed by atoms with Crippen molar-refractivity contribution in [2.45, 2.75) is 78.1 Å². The average Bonchev–Trinajstić information content (AvgIpc) is 2.47. The van der Waals surface area contributed by atoms with Crippen molar-refractivity contribution in [1.82, 2.24) is 9.88 Å². The normalized spacial score (nSPS) is 23.3. The Kier molecular flexibility index (Phi) is 6.10. The predicted molar refractivity (Wildman–Crippen MR) is 101 cm³/mol. The van der Waals surface area contributed by atoms with Gasteiger partial charge in [0, 0.05) is 18.6 Å². The van der Waals surface area contributed by atoms with Gasteiger partial charge in [-0.15, -0.1) is 0 Å². The number of nitrogens with two attached hydrogens (primary N) is 1. The van der Waals surface area contributed by atoms with Crippen LogP contribution in [0.25, 0.3) is 0 Å². The molecule has 1 aromatic rings. The van der Waals surface area contributed by atoms with Gasteiger partial charge in [-0.05, 0) is 62.8 Å². The molecule has 1 heterocycles. The van der Waals surface area contributed by atoms with Crippen molar-refractivity contribution in [2.24, 2.45) is 5.41 Å². The molecule has 1 atom stereocenters. The van der Waals surface area contributed by atoms with E-state index < -0.39 is 0 Å². The Bertz CT molecular complexity index is 533. The molecule has 1 aromatic heterocycles. The molecule has 1 fully saturated rings. The van der Waals surface area contributed by atoms with E-state index in [1.54, 1.807) is 0 Å². The quantitative estimate of drug-likeness (QED) is 0.771. The summed E-state index contributed by atoms with van der Waals surface area (Å²) >= 11 is 0. The lowest BCUT2D eigenvalue weighted by Crippen LogP contribution is -2.38. The van der Waals surface area contributed by atoms with Gasteiger partial charge in [-0.1, -0.05) is 20.8 Å². The van der Waals surface area contributed by atoms with Gasteiger partial charge >= 0.3 is 0 Å². The lowest BCUT2D eigenvalue weighted by atomic mass is 9.87. The molecule has 0 saturated heterocycles. The van der Waals surface area contributed by atoms with Gasteiger partial charge in [-0.3, -0.25) is 4.90 Å². The second kappa shape index (κ2) is 7.70. The Labute approximate surface area is 146 Å². The number of hydrogen-bond donors (Lipinski definition) is 3.